The first kappa shape index (κ1) is 18.4. The Morgan fingerprint density at radius 1 is 1.11 bits per heavy atom. The van der Waals surface area contributed by atoms with Crippen molar-refractivity contribution in [2.45, 2.75) is 6.42 Å². The van der Waals surface area contributed by atoms with Gasteiger partial charge < -0.3 is 14.2 Å². The van der Waals surface area contributed by atoms with Crippen LogP contribution in [-0.4, -0.2) is 52.8 Å². The third-order valence-corrected chi connectivity index (χ3v) is 5.60. The van der Waals surface area contributed by atoms with Crippen LogP contribution in [0.25, 0.3) is 10.6 Å². The number of hydrogen-bond acceptors (Lipinski definition) is 5. The van der Waals surface area contributed by atoms with Crippen molar-refractivity contribution in [2.24, 2.45) is 0 Å². The molecule has 1 fully saturated rings. The normalized spacial score (nSPS) is 14.3. The maximum absolute atomic E-state index is 13.7. The van der Waals surface area contributed by atoms with Crippen LogP contribution in [0.3, 0.4) is 0 Å². The fourth-order valence-corrected chi connectivity index (χ4v) is 3.91. The molecule has 0 radical (unpaired) electrons. The minimum Gasteiger partial charge on any atom is -0.472 e. The Balaban J connectivity index is 1.34. The van der Waals surface area contributed by atoms with Crippen molar-refractivity contribution in [3.8, 4) is 10.6 Å². The Bertz CT molecular complexity index is 978. The minimum absolute atomic E-state index is 0.0285. The first-order valence-electron chi connectivity index (χ1n) is 8.90. The Morgan fingerprint density at radius 2 is 1.86 bits per heavy atom. The summed E-state index contributed by atoms with van der Waals surface area (Å²) in [6.45, 7) is 1.72. The molecule has 0 atom stereocenters. The molecule has 1 aromatic carbocycles. The van der Waals surface area contributed by atoms with Gasteiger partial charge >= 0.3 is 0 Å². The molecule has 1 saturated heterocycles. The summed E-state index contributed by atoms with van der Waals surface area (Å²) < 4.78 is 18.8. The zero-order chi connectivity index (χ0) is 19.5. The van der Waals surface area contributed by atoms with Crippen molar-refractivity contribution >= 4 is 23.2 Å². The molecule has 28 heavy (non-hydrogen) atoms. The number of amides is 2. The highest BCUT2D eigenvalue weighted by Gasteiger charge is 2.26. The van der Waals surface area contributed by atoms with Gasteiger partial charge in [0.15, 0.2) is 0 Å². The molecule has 144 valence electrons. The second-order valence-corrected chi connectivity index (χ2v) is 7.35. The number of rotatable bonds is 4. The molecular weight excluding hydrogens is 381 g/mol. The highest BCUT2D eigenvalue weighted by atomic mass is 32.1. The molecule has 0 spiro atoms. The monoisotopic (exact) mass is 399 g/mol. The van der Waals surface area contributed by atoms with Crippen LogP contribution in [-0.2, 0) is 11.2 Å². The van der Waals surface area contributed by atoms with E-state index in [0.29, 0.717) is 37.4 Å². The van der Waals surface area contributed by atoms with Crippen molar-refractivity contribution in [1.82, 2.24) is 14.8 Å². The summed E-state index contributed by atoms with van der Waals surface area (Å²) in [5.41, 5.74) is 1.63. The van der Waals surface area contributed by atoms with Gasteiger partial charge in [0.05, 0.1) is 12.7 Å². The maximum Gasteiger partial charge on any atom is 0.273 e. The first-order valence-corrected chi connectivity index (χ1v) is 9.78. The van der Waals surface area contributed by atoms with Crippen LogP contribution in [0.4, 0.5) is 4.39 Å². The van der Waals surface area contributed by atoms with Gasteiger partial charge in [0.2, 0.25) is 5.91 Å². The number of hydrogen-bond donors (Lipinski definition) is 0. The molecule has 4 rings (SSSR count). The van der Waals surface area contributed by atoms with Crippen LogP contribution in [0.1, 0.15) is 16.1 Å². The molecule has 1 aliphatic heterocycles. The quantitative estimate of drug-likeness (QED) is 0.676. The van der Waals surface area contributed by atoms with Crippen LogP contribution >= 0.6 is 11.3 Å². The number of piperazine rings is 1. The highest BCUT2D eigenvalue weighted by Crippen LogP contribution is 2.24. The summed E-state index contributed by atoms with van der Waals surface area (Å²) in [5, 5.41) is 2.47. The number of carbonyl (C=O) groups excluding carboxylic acids is 2. The summed E-state index contributed by atoms with van der Waals surface area (Å²) in [6.07, 6.45) is 3.18. The fourth-order valence-electron chi connectivity index (χ4n) is 3.13. The average Bonchev–Trinajstić information content (AvgIpc) is 3.41. The molecular formula is C20H18FN3O3S. The number of nitrogens with zero attached hydrogens (tertiary/aromatic N) is 3. The summed E-state index contributed by atoms with van der Waals surface area (Å²) in [4.78, 5) is 32.9. The summed E-state index contributed by atoms with van der Waals surface area (Å²) >= 11 is 1.39. The van der Waals surface area contributed by atoms with Gasteiger partial charge in [0.25, 0.3) is 5.91 Å². The van der Waals surface area contributed by atoms with E-state index in [1.807, 2.05) is 0 Å². The number of carbonyl (C=O) groups is 2. The van der Waals surface area contributed by atoms with Crippen LogP contribution in [0.15, 0.2) is 52.7 Å². The molecule has 0 N–H and O–H groups in total. The fraction of sp³-hybridized carbons (Fsp3) is 0.250. The third-order valence-electron chi connectivity index (χ3n) is 4.71. The minimum atomic E-state index is -0.373. The van der Waals surface area contributed by atoms with E-state index in [4.69, 9.17) is 4.42 Å². The van der Waals surface area contributed by atoms with E-state index in [2.05, 4.69) is 4.98 Å². The molecule has 3 heterocycles. The second-order valence-electron chi connectivity index (χ2n) is 6.49. The predicted octanol–water partition coefficient (Wildman–Crippen LogP) is 3.07. The Kier molecular flexibility index (Phi) is 5.21. The average molecular weight is 399 g/mol. The molecule has 0 unspecified atom stereocenters. The van der Waals surface area contributed by atoms with Crippen molar-refractivity contribution in [2.75, 3.05) is 26.2 Å². The maximum atomic E-state index is 13.7. The van der Waals surface area contributed by atoms with Crippen LogP contribution < -0.4 is 0 Å². The first-order chi connectivity index (χ1) is 13.6. The van der Waals surface area contributed by atoms with Gasteiger partial charge in [-0.3, -0.25) is 9.59 Å². The Labute approximate surface area is 165 Å². The van der Waals surface area contributed by atoms with E-state index in [1.165, 1.54) is 17.4 Å². The number of benzene rings is 1. The molecule has 2 aromatic heterocycles. The zero-order valence-corrected chi connectivity index (χ0v) is 15.8. The lowest BCUT2D eigenvalue weighted by Gasteiger charge is -2.34. The molecule has 0 saturated carbocycles. The topological polar surface area (TPSA) is 66.7 Å². The lowest BCUT2D eigenvalue weighted by atomic mass is 10.1. The Hall–Kier alpha value is -3.00. The van der Waals surface area contributed by atoms with E-state index in [0.717, 1.165) is 10.6 Å². The number of halogens is 1. The van der Waals surface area contributed by atoms with Gasteiger partial charge in [0.1, 0.15) is 22.8 Å². The summed E-state index contributed by atoms with van der Waals surface area (Å²) in [7, 11) is 0. The van der Waals surface area contributed by atoms with Gasteiger partial charge in [-0.2, -0.15) is 0 Å². The number of aromatic nitrogens is 1. The SMILES string of the molecule is O=C(Cc1ccccc1F)N1CCN(C(=O)c2csc(-c3ccoc3)n2)CC1. The summed E-state index contributed by atoms with van der Waals surface area (Å²) in [5.74, 6) is -0.651. The largest absolute Gasteiger partial charge is 0.472 e. The van der Waals surface area contributed by atoms with Crippen molar-refractivity contribution in [3.63, 3.8) is 0 Å². The standard InChI is InChI=1S/C20H18FN3O3S/c21-16-4-2-1-3-14(16)11-18(25)23-6-8-24(9-7-23)20(26)17-13-28-19(22-17)15-5-10-27-12-15/h1-5,10,12-13H,6-9,11H2. The Morgan fingerprint density at radius 3 is 2.57 bits per heavy atom. The summed E-state index contributed by atoms with van der Waals surface area (Å²) in [6, 6.07) is 8.09. The van der Waals surface area contributed by atoms with E-state index >= 15 is 0 Å². The van der Waals surface area contributed by atoms with E-state index in [9.17, 15) is 14.0 Å². The zero-order valence-electron chi connectivity index (χ0n) is 15.0. The van der Waals surface area contributed by atoms with Gasteiger partial charge in [-0.1, -0.05) is 18.2 Å². The van der Waals surface area contributed by atoms with E-state index in [-0.39, 0.29) is 24.1 Å². The lowest BCUT2D eigenvalue weighted by Crippen LogP contribution is -2.51. The second kappa shape index (κ2) is 7.93. The highest BCUT2D eigenvalue weighted by molar-refractivity contribution is 7.13. The molecule has 6 nitrogen and oxygen atoms in total. The molecule has 3 aromatic rings. The molecule has 8 heteroatoms. The smallest absolute Gasteiger partial charge is 0.273 e. The molecule has 1 aliphatic rings. The molecule has 0 aliphatic carbocycles. The van der Waals surface area contributed by atoms with Crippen LogP contribution in [0, 0.1) is 5.82 Å². The van der Waals surface area contributed by atoms with Gasteiger partial charge in [-0.25, -0.2) is 9.37 Å². The number of furan rings is 1. The van der Waals surface area contributed by atoms with E-state index < -0.39 is 0 Å². The van der Waals surface area contributed by atoms with E-state index in [1.54, 1.807) is 52.0 Å². The van der Waals surface area contributed by atoms with Gasteiger partial charge in [-0.15, -0.1) is 11.3 Å². The van der Waals surface area contributed by atoms with Gasteiger partial charge in [-0.05, 0) is 17.7 Å². The van der Waals surface area contributed by atoms with Crippen LogP contribution in [0.5, 0.6) is 0 Å². The molecule has 0 bridgehead atoms. The lowest BCUT2D eigenvalue weighted by molar-refractivity contribution is -0.132. The van der Waals surface area contributed by atoms with Gasteiger partial charge in [0, 0.05) is 37.1 Å². The van der Waals surface area contributed by atoms with Crippen molar-refractivity contribution in [1.29, 1.82) is 0 Å². The molecule has 2 amide bonds. The van der Waals surface area contributed by atoms with Crippen molar-refractivity contribution in [3.05, 3.63) is 65.3 Å². The van der Waals surface area contributed by atoms with Crippen molar-refractivity contribution < 1.29 is 18.4 Å². The third kappa shape index (κ3) is 3.82. The predicted molar refractivity (Wildman–Crippen MR) is 102 cm³/mol. The number of thiazole rings is 1. The van der Waals surface area contributed by atoms with Crippen LogP contribution in [0.2, 0.25) is 0 Å².